The number of hydrogen-bond acceptors (Lipinski definition) is 3. The molecule has 17 heavy (non-hydrogen) atoms. The van der Waals surface area contributed by atoms with Crippen LogP contribution in [0.4, 0.5) is 5.82 Å². The summed E-state index contributed by atoms with van der Waals surface area (Å²) in [5.74, 6) is 1.15. The zero-order chi connectivity index (χ0) is 12.3. The number of carbonyl (C=O) groups is 1. The molecule has 0 bridgehead atoms. The minimum absolute atomic E-state index is 0.137. The van der Waals surface area contributed by atoms with Crippen LogP contribution in [0.5, 0.6) is 0 Å². The molecular weight excluding hydrogens is 214 g/mol. The summed E-state index contributed by atoms with van der Waals surface area (Å²) in [5, 5.41) is 0. The van der Waals surface area contributed by atoms with E-state index in [1.165, 1.54) is 0 Å². The second kappa shape index (κ2) is 5.17. The van der Waals surface area contributed by atoms with E-state index in [1.807, 2.05) is 36.3 Å². The van der Waals surface area contributed by atoms with Crippen molar-refractivity contribution >= 4 is 11.7 Å². The van der Waals surface area contributed by atoms with E-state index in [9.17, 15) is 4.79 Å². The first-order valence-corrected chi connectivity index (χ1v) is 6.08. The van der Waals surface area contributed by atoms with Gasteiger partial charge in [-0.2, -0.15) is 0 Å². The third-order valence-electron chi connectivity index (χ3n) is 3.41. The molecule has 0 N–H and O–H groups in total. The number of amides is 1. The predicted molar refractivity (Wildman–Crippen MR) is 67.9 cm³/mol. The Morgan fingerprint density at radius 3 is 3.00 bits per heavy atom. The Bertz CT molecular complexity index is 380. The molecular formula is C13H19N3O. The van der Waals surface area contributed by atoms with E-state index < -0.39 is 0 Å². The molecule has 1 aliphatic rings. The summed E-state index contributed by atoms with van der Waals surface area (Å²) >= 11 is 0. The van der Waals surface area contributed by atoms with Gasteiger partial charge in [-0.05, 0) is 25.0 Å². The molecule has 2 rings (SSSR count). The van der Waals surface area contributed by atoms with E-state index in [1.54, 1.807) is 6.92 Å². The zero-order valence-corrected chi connectivity index (χ0v) is 10.5. The highest BCUT2D eigenvalue weighted by Gasteiger charge is 2.24. The van der Waals surface area contributed by atoms with Gasteiger partial charge < -0.3 is 9.80 Å². The fourth-order valence-electron chi connectivity index (χ4n) is 2.28. The van der Waals surface area contributed by atoms with Crippen molar-refractivity contribution in [2.45, 2.75) is 25.8 Å². The highest BCUT2D eigenvalue weighted by molar-refractivity contribution is 5.73. The molecule has 4 heteroatoms. The van der Waals surface area contributed by atoms with Gasteiger partial charge in [0.15, 0.2) is 0 Å². The quantitative estimate of drug-likeness (QED) is 0.777. The summed E-state index contributed by atoms with van der Waals surface area (Å²) in [6.45, 7) is 3.53. The van der Waals surface area contributed by atoms with Crippen molar-refractivity contribution in [2.75, 3.05) is 25.0 Å². The average molecular weight is 233 g/mol. The van der Waals surface area contributed by atoms with Crippen LogP contribution in [-0.2, 0) is 4.79 Å². The highest BCUT2D eigenvalue weighted by Crippen LogP contribution is 2.19. The molecule has 0 aromatic carbocycles. The van der Waals surface area contributed by atoms with Crippen LogP contribution in [0.1, 0.15) is 19.8 Å². The van der Waals surface area contributed by atoms with E-state index >= 15 is 0 Å². The fraction of sp³-hybridized carbons (Fsp3) is 0.538. The highest BCUT2D eigenvalue weighted by atomic mass is 16.2. The molecule has 0 saturated carbocycles. The van der Waals surface area contributed by atoms with E-state index in [-0.39, 0.29) is 5.91 Å². The van der Waals surface area contributed by atoms with Crippen molar-refractivity contribution in [1.29, 1.82) is 0 Å². The number of anilines is 1. The number of carbonyl (C=O) groups excluding carboxylic acids is 1. The molecule has 1 amide bonds. The number of rotatable bonds is 2. The van der Waals surface area contributed by atoms with Crippen LogP contribution in [0.2, 0.25) is 0 Å². The monoisotopic (exact) mass is 233 g/mol. The maximum Gasteiger partial charge on any atom is 0.219 e. The summed E-state index contributed by atoms with van der Waals surface area (Å²) in [6.07, 6.45) is 4.01. The lowest BCUT2D eigenvalue weighted by Gasteiger charge is -2.37. The third kappa shape index (κ3) is 2.75. The van der Waals surface area contributed by atoms with E-state index in [4.69, 9.17) is 0 Å². The first-order valence-electron chi connectivity index (χ1n) is 6.08. The Kier molecular flexibility index (Phi) is 3.61. The van der Waals surface area contributed by atoms with Crippen LogP contribution in [0.3, 0.4) is 0 Å². The Morgan fingerprint density at radius 1 is 1.53 bits per heavy atom. The Hall–Kier alpha value is -1.58. The molecule has 1 aromatic heterocycles. The van der Waals surface area contributed by atoms with Crippen molar-refractivity contribution in [2.24, 2.45) is 0 Å². The molecule has 1 atom stereocenters. The zero-order valence-electron chi connectivity index (χ0n) is 10.5. The lowest BCUT2D eigenvalue weighted by molar-refractivity contribution is -0.129. The number of piperidine rings is 1. The Balaban J connectivity index is 2.05. The Labute approximate surface area is 102 Å². The minimum Gasteiger partial charge on any atom is -0.355 e. The van der Waals surface area contributed by atoms with E-state index in [2.05, 4.69) is 9.88 Å². The molecule has 1 unspecified atom stereocenters. The van der Waals surface area contributed by atoms with Gasteiger partial charge in [0, 0.05) is 39.3 Å². The number of nitrogens with zero attached hydrogens (tertiary/aromatic N) is 3. The number of likely N-dealkylation sites (N-methyl/N-ethyl adjacent to an activating group) is 1. The van der Waals surface area contributed by atoms with Crippen LogP contribution >= 0.6 is 0 Å². The van der Waals surface area contributed by atoms with Crippen LogP contribution in [-0.4, -0.2) is 42.0 Å². The second-order valence-corrected chi connectivity index (χ2v) is 4.56. The van der Waals surface area contributed by atoms with Gasteiger partial charge in [0.25, 0.3) is 0 Å². The average Bonchev–Trinajstić information content (AvgIpc) is 2.39. The topological polar surface area (TPSA) is 36.4 Å². The van der Waals surface area contributed by atoms with Crippen molar-refractivity contribution in [1.82, 2.24) is 9.88 Å². The fourth-order valence-corrected chi connectivity index (χ4v) is 2.28. The van der Waals surface area contributed by atoms with Crippen molar-refractivity contribution in [3.05, 3.63) is 24.4 Å². The number of hydrogen-bond donors (Lipinski definition) is 0. The molecule has 1 aromatic rings. The van der Waals surface area contributed by atoms with Gasteiger partial charge in [-0.3, -0.25) is 4.79 Å². The van der Waals surface area contributed by atoms with Gasteiger partial charge in [-0.1, -0.05) is 6.07 Å². The normalized spacial score (nSPS) is 20.1. The summed E-state index contributed by atoms with van der Waals surface area (Å²) in [4.78, 5) is 19.8. The van der Waals surface area contributed by atoms with Gasteiger partial charge in [0.05, 0.1) is 0 Å². The van der Waals surface area contributed by atoms with Gasteiger partial charge in [-0.25, -0.2) is 4.98 Å². The molecule has 0 radical (unpaired) electrons. The van der Waals surface area contributed by atoms with Gasteiger partial charge >= 0.3 is 0 Å². The summed E-state index contributed by atoms with van der Waals surface area (Å²) in [7, 11) is 1.88. The first kappa shape index (κ1) is 11.9. The van der Waals surface area contributed by atoms with Crippen LogP contribution in [0, 0.1) is 0 Å². The van der Waals surface area contributed by atoms with Crippen molar-refractivity contribution < 1.29 is 4.79 Å². The van der Waals surface area contributed by atoms with Gasteiger partial charge in [0.2, 0.25) is 5.91 Å². The van der Waals surface area contributed by atoms with Gasteiger partial charge in [0.1, 0.15) is 5.82 Å². The standard InChI is InChI=1S/C13H19N3O/c1-11(17)15(2)12-6-5-9-16(10-12)13-7-3-4-8-14-13/h3-4,7-8,12H,5-6,9-10H2,1-2H3. The second-order valence-electron chi connectivity index (χ2n) is 4.56. The SMILES string of the molecule is CC(=O)N(C)C1CCCN(c2ccccn2)C1. The number of aromatic nitrogens is 1. The smallest absolute Gasteiger partial charge is 0.219 e. The molecule has 1 fully saturated rings. The van der Waals surface area contributed by atoms with E-state index in [0.717, 1.165) is 31.7 Å². The lowest BCUT2D eigenvalue weighted by atomic mass is 10.0. The molecule has 0 spiro atoms. The maximum atomic E-state index is 11.4. The first-order chi connectivity index (χ1) is 8.18. The predicted octanol–water partition coefficient (Wildman–Crippen LogP) is 1.53. The third-order valence-corrected chi connectivity index (χ3v) is 3.41. The Morgan fingerprint density at radius 2 is 2.35 bits per heavy atom. The molecule has 1 aliphatic heterocycles. The number of pyridine rings is 1. The molecule has 1 saturated heterocycles. The summed E-state index contributed by atoms with van der Waals surface area (Å²) in [6, 6.07) is 6.26. The van der Waals surface area contributed by atoms with E-state index in [0.29, 0.717) is 6.04 Å². The lowest BCUT2D eigenvalue weighted by Crippen LogP contribution is -2.48. The van der Waals surface area contributed by atoms with Crippen LogP contribution in [0.25, 0.3) is 0 Å². The maximum absolute atomic E-state index is 11.4. The van der Waals surface area contributed by atoms with Gasteiger partial charge in [-0.15, -0.1) is 0 Å². The van der Waals surface area contributed by atoms with Crippen molar-refractivity contribution in [3.8, 4) is 0 Å². The minimum atomic E-state index is 0.137. The molecule has 92 valence electrons. The van der Waals surface area contributed by atoms with Crippen LogP contribution in [0.15, 0.2) is 24.4 Å². The molecule has 2 heterocycles. The molecule has 0 aliphatic carbocycles. The van der Waals surface area contributed by atoms with Crippen molar-refractivity contribution in [3.63, 3.8) is 0 Å². The largest absolute Gasteiger partial charge is 0.355 e. The van der Waals surface area contributed by atoms with Crippen LogP contribution < -0.4 is 4.90 Å². The summed E-state index contributed by atoms with van der Waals surface area (Å²) < 4.78 is 0. The summed E-state index contributed by atoms with van der Waals surface area (Å²) in [5.41, 5.74) is 0. The molecule has 4 nitrogen and oxygen atoms in total.